The van der Waals surface area contributed by atoms with E-state index in [1.165, 1.54) is 53.4 Å². The third kappa shape index (κ3) is 21.7. The minimum Gasteiger partial charge on any atom is -0.481 e. The summed E-state index contributed by atoms with van der Waals surface area (Å²) >= 11 is 3.17. The average molecular weight is 1420 g/mol. The summed E-state index contributed by atoms with van der Waals surface area (Å²) in [5.74, 6) is -5.69. The lowest BCUT2D eigenvalue weighted by Crippen LogP contribution is -2.36. The quantitative estimate of drug-likeness (QED) is 0.0940. The van der Waals surface area contributed by atoms with Gasteiger partial charge in [0, 0.05) is 46.7 Å². The van der Waals surface area contributed by atoms with Crippen LogP contribution in [0.4, 0.5) is 65.9 Å². The number of rotatable bonds is 12. The lowest BCUT2D eigenvalue weighted by molar-refractivity contribution is -0.138. The standard InChI is InChI=1S/C26H21F6NO.C19H17F4NO.C10H12FN.C9H7F3O2.C7H6BrF.ClH/c27-21-6-2-1-5-18(21)24-9-4-14-33(24)25(34)19(15-20-22(28)7-3-8-23(20)29)16-10-12-17(13-11-16)26(30,31)32;20-16-5-2-1-4-15(16)17-6-3-11-24(17)18(25)12-13-7-9-14(10-8-13)19(21,22)23;11-9-5-2-1-4-8(9)10-6-3-7-12-10;10-9(11,12)7-3-1-6(2-4-7)5-8(13)14;8-5-6-3-1-2-4-7(6)9;/h1-3,5-8,10-13,19,24H,4,9,14-15H2;1-2,4-5,7-10,17H,3,6,11-12H2;1-2,4-5,10,12H,3,6-7H2;1-4H,5H2,(H,13,14);1-4H,5H2;1H. The van der Waals surface area contributed by atoms with Crippen molar-refractivity contribution in [3.05, 3.63) is 284 Å². The van der Waals surface area contributed by atoms with E-state index in [9.17, 15) is 80.2 Å². The number of amides is 2. The van der Waals surface area contributed by atoms with E-state index < -0.39 is 76.5 Å². The van der Waals surface area contributed by atoms with Gasteiger partial charge in [-0.25, -0.2) is 26.3 Å². The van der Waals surface area contributed by atoms with Crippen molar-refractivity contribution in [2.75, 3.05) is 19.6 Å². The van der Waals surface area contributed by atoms with E-state index in [0.29, 0.717) is 65.5 Å². The molecule has 0 spiro atoms. The number of nitrogens with zero attached hydrogens (tertiary/aromatic N) is 2. The maximum absolute atomic E-state index is 14.5. The summed E-state index contributed by atoms with van der Waals surface area (Å²) in [4.78, 5) is 39.6. The van der Waals surface area contributed by atoms with Gasteiger partial charge in [-0.2, -0.15) is 39.5 Å². The fraction of sp³-hybridized carbons (Fsp3) is 0.282. The predicted molar refractivity (Wildman–Crippen MR) is 335 cm³/mol. The molecule has 24 heteroatoms. The lowest BCUT2D eigenvalue weighted by Gasteiger charge is -2.30. The minimum absolute atomic E-state index is 0. The second-order valence-corrected chi connectivity index (χ2v) is 22.6. The van der Waals surface area contributed by atoms with Crippen LogP contribution >= 0.6 is 28.3 Å². The number of carboxylic acid groups (broad SMARTS) is 1. The van der Waals surface area contributed by atoms with E-state index in [4.69, 9.17) is 5.11 Å². The molecule has 3 aliphatic heterocycles. The van der Waals surface area contributed by atoms with Gasteiger partial charge in [0.1, 0.15) is 34.9 Å². The highest BCUT2D eigenvalue weighted by Crippen LogP contribution is 2.40. The molecule has 0 bridgehead atoms. The molecule has 3 saturated heterocycles. The Balaban J connectivity index is 0.000000204. The summed E-state index contributed by atoms with van der Waals surface area (Å²) in [6, 6.07) is 41.4. The van der Waals surface area contributed by atoms with Crippen LogP contribution in [0.3, 0.4) is 0 Å². The Kier molecular flexibility index (Phi) is 28.0. The minimum atomic E-state index is -4.57. The van der Waals surface area contributed by atoms with Crippen LogP contribution in [-0.4, -0.2) is 52.3 Å². The fourth-order valence-electron chi connectivity index (χ4n) is 11.0. The van der Waals surface area contributed by atoms with Gasteiger partial charge in [0.25, 0.3) is 0 Å². The van der Waals surface area contributed by atoms with Gasteiger partial charge in [-0.3, -0.25) is 14.4 Å². The molecule has 2 N–H and O–H groups in total. The molecule has 0 aliphatic carbocycles. The molecule has 11 rings (SSSR count). The average Bonchev–Trinajstić information content (AvgIpc) is 1.79. The molecule has 0 radical (unpaired) electrons. The zero-order valence-corrected chi connectivity index (χ0v) is 52.8. The fourth-order valence-corrected chi connectivity index (χ4v) is 11.5. The molecule has 506 valence electrons. The van der Waals surface area contributed by atoms with Crippen molar-refractivity contribution < 1.29 is 85.3 Å². The van der Waals surface area contributed by atoms with Gasteiger partial charge in [-0.05, 0) is 147 Å². The number of aliphatic carboxylic acids is 1. The van der Waals surface area contributed by atoms with Crippen LogP contribution in [0.25, 0.3) is 0 Å². The van der Waals surface area contributed by atoms with E-state index in [1.807, 2.05) is 18.2 Å². The highest BCUT2D eigenvalue weighted by Gasteiger charge is 2.38. The number of likely N-dealkylation sites (tertiary alicyclic amines) is 2. The highest BCUT2D eigenvalue weighted by molar-refractivity contribution is 9.08. The summed E-state index contributed by atoms with van der Waals surface area (Å²) in [7, 11) is 0. The van der Waals surface area contributed by atoms with Gasteiger partial charge >= 0.3 is 24.5 Å². The van der Waals surface area contributed by atoms with Crippen molar-refractivity contribution in [2.24, 2.45) is 0 Å². The molecule has 8 aromatic rings. The Morgan fingerprint density at radius 2 is 0.874 bits per heavy atom. The number of nitrogens with one attached hydrogen (secondary N) is 1. The van der Waals surface area contributed by atoms with Crippen molar-refractivity contribution in [2.45, 2.75) is 106 Å². The largest absolute Gasteiger partial charge is 0.481 e. The van der Waals surface area contributed by atoms with Crippen LogP contribution in [0.15, 0.2) is 188 Å². The highest BCUT2D eigenvalue weighted by atomic mass is 79.9. The molecule has 3 heterocycles. The number of alkyl halides is 10. The van der Waals surface area contributed by atoms with Crippen molar-refractivity contribution >= 4 is 46.1 Å². The van der Waals surface area contributed by atoms with Crippen LogP contribution in [0.1, 0.15) is 124 Å². The monoisotopic (exact) mass is 1420 g/mol. The molecule has 3 fully saturated rings. The maximum atomic E-state index is 14.5. The van der Waals surface area contributed by atoms with Crippen LogP contribution < -0.4 is 5.32 Å². The van der Waals surface area contributed by atoms with E-state index in [-0.39, 0.29) is 78.2 Å². The predicted octanol–water partition coefficient (Wildman–Crippen LogP) is 19.3. The third-order valence-corrected chi connectivity index (χ3v) is 16.4. The zero-order chi connectivity index (χ0) is 68.3. The zero-order valence-electron chi connectivity index (χ0n) is 50.4. The molecule has 3 aliphatic rings. The smallest absolute Gasteiger partial charge is 0.416 e. The van der Waals surface area contributed by atoms with Crippen LogP contribution in [0, 0.1) is 34.9 Å². The number of benzene rings is 8. The molecule has 0 saturated carbocycles. The molecule has 0 aromatic heterocycles. The van der Waals surface area contributed by atoms with Crippen LogP contribution in [0.2, 0.25) is 0 Å². The van der Waals surface area contributed by atoms with Crippen molar-refractivity contribution in [3.8, 4) is 0 Å². The number of hydrogen-bond donors (Lipinski definition) is 2. The first kappa shape index (κ1) is 75.9. The molecule has 4 atom stereocenters. The lowest BCUT2D eigenvalue weighted by atomic mass is 9.89. The Morgan fingerprint density at radius 3 is 1.28 bits per heavy atom. The summed E-state index contributed by atoms with van der Waals surface area (Å²) in [6.45, 7) is 1.84. The Hall–Kier alpha value is -8.15. The first-order valence-corrected chi connectivity index (χ1v) is 30.8. The Bertz CT molecular complexity index is 3760. The molecule has 2 amide bonds. The molecule has 8 aromatic carbocycles. The van der Waals surface area contributed by atoms with E-state index in [0.717, 1.165) is 104 Å². The van der Waals surface area contributed by atoms with Crippen molar-refractivity contribution in [1.29, 1.82) is 0 Å². The molecule has 7 nitrogen and oxygen atoms in total. The molecule has 95 heavy (non-hydrogen) atoms. The third-order valence-electron chi connectivity index (χ3n) is 15.8. The van der Waals surface area contributed by atoms with Crippen molar-refractivity contribution in [1.82, 2.24) is 15.1 Å². The number of carbonyl (C=O) groups is 3. The van der Waals surface area contributed by atoms with Crippen LogP contribution in [0.5, 0.6) is 0 Å². The van der Waals surface area contributed by atoms with Gasteiger partial charge in [0.2, 0.25) is 11.8 Å². The molecular weight excluding hydrogens is 1360 g/mol. The first-order chi connectivity index (χ1) is 44.6. The van der Waals surface area contributed by atoms with Gasteiger partial charge in [0.05, 0.1) is 47.5 Å². The van der Waals surface area contributed by atoms with Gasteiger partial charge < -0.3 is 20.2 Å². The normalized spacial score (nSPS) is 16.3. The Morgan fingerprint density at radius 1 is 0.474 bits per heavy atom. The Labute approximate surface area is 553 Å². The van der Waals surface area contributed by atoms with E-state index >= 15 is 0 Å². The van der Waals surface area contributed by atoms with Gasteiger partial charge in [0.15, 0.2) is 0 Å². The van der Waals surface area contributed by atoms with E-state index in [1.54, 1.807) is 53.4 Å². The second-order valence-electron chi connectivity index (χ2n) is 22.1. The second kappa shape index (κ2) is 35.0. The van der Waals surface area contributed by atoms with Gasteiger partial charge in [-0.1, -0.05) is 131 Å². The topological polar surface area (TPSA) is 90.0 Å². The van der Waals surface area contributed by atoms with Crippen molar-refractivity contribution in [3.63, 3.8) is 0 Å². The molecular formula is C71H64BrClF15N3O4. The summed E-state index contributed by atoms with van der Waals surface area (Å²) in [6.07, 6.45) is -9.23. The van der Waals surface area contributed by atoms with Gasteiger partial charge in [-0.15, -0.1) is 12.4 Å². The molecule has 4 unspecified atom stereocenters. The first-order valence-electron chi connectivity index (χ1n) is 29.6. The number of carboxylic acids is 1. The number of halogens is 17. The summed E-state index contributed by atoms with van der Waals surface area (Å²) < 4.78 is 196. The summed E-state index contributed by atoms with van der Waals surface area (Å²) in [5.41, 5.74) is 0.653. The number of hydrogen-bond acceptors (Lipinski definition) is 4. The van der Waals surface area contributed by atoms with E-state index in [2.05, 4.69) is 21.2 Å². The SMILES string of the molecule is Cl.Fc1ccccc1C1CCCN1.Fc1ccccc1CBr.O=C(C(Cc1c(F)cccc1F)c1ccc(C(F)(F)F)cc1)N1CCCC1c1ccccc1F.O=C(Cc1ccc(C(F)(F)F)cc1)N1CCCC1c1ccccc1F.O=C(O)Cc1ccc(C(F)(F)F)cc1. The maximum Gasteiger partial charge on any atom is 0.416 e. The van der Waals surface area contributed by atoms with Crippen LogP contribution in [-0.2, 0) is 57.5 Å². The summed E-state index contributed by atoms with van der Waals surface area (Å²) in [5, 5.41) is 12.2. The number of carbonyl (C=O) groups excluding carboxylic acids is 2.